The van der Waals surface area contributed by atoms with Crippen LogP contribution in [0.4, 0.5) is 0 Å². The van der Waals surface area contributed by atoms with Crippen molar-refractivity contribution in [1.29, 1.82) is 0 Å². The summed E-state index contributed by atoms with van der Waals surface area (Å²) in [6, 6.07) is 21.1. The fourth-order valence-corrected chi connectivity index (χ4v) is 4.99. The van der Waals surface area contributed by atoms with E-state index in [0.29, 0.717) is 18.6 Å². The number of nitrogens with zero attached hydrogens (tertiary/aromatic N) is 2. The Morgan fingerprint density at radius 1 is 0.643 bits per heavy atom. The first-order valence-electron chi connectivity index (χ1n) is 10.0. The molecule has 1 aromatic heterocycles. The summed E-state index contributed by atoms with van der Waals surface area (Å²) in [5.74, 6) is 0.400. The number of aromatic nitrogens is 2. The molecule has 0 N–H and O–H groups in total. The van der Waals surface area contributed by atoms with Crippen LogP contribution in [0.1, 0.15) is 22.5 Å². The van der Waals surface area contributed by atoms with Crippen LogP contribution in [-0.4, -0.2) is 15.8 Å². The van der Waals surface area contributed by atoms with Crippen LogP contribution in [0, 0.1) is 11.8 Å². The molecule has 1 heterocycles. The van der Waals surface area contributed by atoms with Gasteiger partial charge in [-0.25, -0.2) is 9.97 Å². The highest BCUT2D eigenvalue weighted by Gasteiger charge is 2.36. The van der Waals surface area contributed by atoms with Gasteiger partial charge in [0.05, 0.1) is 22.4 Å². The smallest absolute Gasteiger partial charge is 0.140 e. The molecule has 4 aromatic rings. The van der Waals surface area contributed by atoms with Crippen molar-refractivity contribution in [3.05, 3.63) is 83.2 Å². The fourth-order valence-electron chi connectivity index (χ4n) is 4.99. The molecule has 2 atom stereocenters. The van der Waals surface area contributed by atoms with Gasteiger partial charge in [0.1, 0.15) is 5.78 Å². The summed E-state index contributed by atoms with van der Waals surface area (Å²) in [4.78, 5) is 23.1. The third-order valence-electron chi connectivity index (χ3n) is 6.41. The van der Waals surface area contributed by atoms with Crippen molar-refractivity contribution < 1.29 is 4.79 Å². The summed E-state index contributed by atoms with van der Waals surface area (Å²) in [6.07, 6.45) is 3.02. The van der Waals surface area contributed by atoms with E-state index >= 15 is 0 Å². The maximum atomic E-state index is 13.3. The topological polar surface area (TPSA) is 42.9 Å². The third-order valence-corrected chi connectivity index (χ3v) is 6.41. The van der Waals surface area contributed by atoms with Gasteiger partial charge >= 0.3 is 0 Å². The van der Waals surface area contributed by atoms with E-state index in [4.69, 9.17) is 9.97 Å². The van der Waals surface area contributed by atoms with Crippen LogP contribution in [0.5, 0.6) is 0 Å². The SMILES string of the molecule is O=C1C2Cc3cc4ccccc4cc3CC1Cc1nc3ccccc3nc1C2. The summed E-state index contributed by atoms with van der Waals surface area (Å²) < 4.78 is 0. The summed E-state index contributed by atoms with van der Waals surface area (Å²) in [5, 5.41) is 2.52. The lowest BCUT2D eigenvalue weighted by Crippen LogP contribution is -2.24. The van der Waals surface area contributed by atoms with E-state index in [1.54, 1.807) is 0 Å². The molecule has 136 valence electrons. The highest BCUT2D eigenvalue weighted by atomic mass is 16.1. The Labute approximate surface area is 163 Å². The Morgan fingerprint density at radius 2 is 1.11 bits per heavy atom. The van der Waals surface area contributed by atoms with E-state index in [-0.39, 0.29) is 11.8 Å². The lowest BCUT2D eigenvalue weighted by molar-refractivity contribution is -0.126. The Kier molecular flexibility index (Phi) is 3.39. The second kappa shape index (κ2) is 5.96. The first-order valence-corrected chi connectivity index (χ1v) is 10.0. The molecule has 0 amide bonds. The van der Waals surface area contributed by atoms with Crippen LogP contribution in [0.15, 0.2) is 60.7 Å². The van der Waals surface area contributed by atoms with Crippen LogP contribution in [0.2, 0.25) is 0 Å². The van der Waals surface area contributed by atoms with Gasteiger partial charge < -0.3 is 0 Å². The number of fused-ring (bicyclic) bond motifs is 6. The summed E-state index contributed by atoms with van der Waals surface area (Å²) in [6.45, 7) is 0. The summed E-state index contributed by atoms with van der Waals surface area (Å²) in [5.41, 5.74) is 6.55. The average Bonchev–Trinajstić information content (AvgIpc) is 2.91. The first-order chi connectivity index (χ1) is 13.7. The van der Waals surface area contributed by atoms with Crippen molar-refractivity contribution in [2.45, 2.75) is 25.7 Å². The van der Waals surface area contributed by atoms with Crippen LogP contribution in [-0.2, 0) is 30.5 Å². The van der Waals surface area contributed by atoms with Gasteiger partial charge in [0.15, 0.2) is 0 Å². The standard InChI is InChI=1S/C25H20N2O/c28-25-19-11-17-9-15-5-1-2-6-16(15)10-18(17)12-20(25)14-24-23(13-19)26-21-7-3-4-8-22(21)27-24/h1-10,19-20H,11-14H2. The molecule has 6 rings (SSSR count). The van der Waals surface area contributed by atoms with Gasteiger partial charge in [0, 0.05) is 24.7 Å². The maximum absolute atomic E-state index is 13.3. The zero-order chi connectivity index (χ0) is 18.7. The highest BCUT2D eigenvalue weighted by Crippen LogP contribution is 2.35. The van der Waals surface area contributed by atoms with Gasteiger partial charge in [0.2, 0.25) is 0 Å². The molecule has 0 radical (unpaired) electrons. The van der Waals surface area contributed by atoms with Crippen LogP contribution >= 0.6 is 0 Å². The summed E-state index contributed by atoms with van der Waals surface area (Å²) in [7, 11) is 0. The van der Waals surface area contributed by atoms with Gasteiger partial charge in [-0.05, 0) is 46.9 Å². The summed E-state index contributed by atoms with van der Waals surface area (Å²) >= 11 is 0. The number of Topliss-reactive ketones (excluding diaryl/α,β-unsaturated/α-hetero) is 1. The average molecular weight is 364 g/mol. The lowest BCUT2D eigenvalue weighted by Gasteiger charge is -2.15. The molecule has 0 saturated carbocycles. The van der Waals surface area contributed by atoms with E-state index in [1.807, 2.05) is 24.3 Å². The normalized spacial score (nSPS) is 21.1. The van der Waals surface area contributed by atoms with Gasteiger partial charge in [-0.3, -0.25) is 4.79 Å². The molecule has 2 aliphatic rings. The molecule has 28 heavy (non-hydrogen) atoms. The van der Waals surface area contributed by atoms with Crippen molar-refractivity contribution >= 4 is 27.6 Å². The molecule has 2 unspecified atom stereocenters. The minimum atomic E-state index is 0.00382. The van der Waals surface area contributed by atoms with Crippen molar-refractivity contribution in [3.8, 4) is 0 Å². The van der Waals surface area contributed by atoms with E-state index < -0.39 is 0 Å². The van der Waals surface area contributed by atoms with Gasteiger partial charge in [-0.15, -0.1) is 0 Å². The largest absolute Gasteiger partial charge is 0.299 e. The van der Waals surface area contributed by atoms with E-state index in [2.05, 4.69) is 36.4 Å². The second-order valence-electron chi connectivity index (χ2n) is 8.19. The maximum Gasteiger partial charge on any atom is 0.140 e. The van der Waals surface area contributed by atoms with Crippen LogP contribution in [0.3, 0.4) is 0 Å². The number of hydrogen-bond donors (Lipinski definition) is 0. The molecule has 2 aliphatic carbocycles. The molecule has 0 saturated heterocycles. The zero-order valence-corrected chi connectivity index (χ0v) is 15.6. The number of benzene rings is 3. The fraction of sp³-hybridized carbons (Fsp3) is 0.240. The monoisotopic (exact) mass is 364 g/mol. The number of para-hydroxylation sites is 2. The van der Waals surface area contributed by atoms with Gasteiger partial charge in [-0.2, -0.15) is 0 Å². The highest BCUT2D eigenvalue weighted by molar-refractivity contribution is 5.88. The quantitative estimate of drug-likeness (QED) is 0.462. The Balaban J connectivity index is 1.48. The predicted molar refractivity (Wildman–Crippen MR) is 110 cm³/mol. The third kappa shape index (κ3) is 2.46. The van der Waals surface area contributed by atoms with Crippen LogP contribution in [0.25, 0.3) is 21.8 Å². The molecule has 3 nitrogen and oxygen atoms in total. The molecule has 3 aromatic carbocycles. The van der Waals surface area contributed by atoms with Crippen molar-refractivity contribution in [2.24, 2.45) is 11.8 Å². The van der Waals surface area contributed by atoms with Crippen molar-refractivity contribution in [1.82, 2.24) is 9.97 Å². The lowest BCUT2D eigenvalue weighted by atomic mass is 9.89. The number of rotatable bonds is 0. The zero-order valence-electron chi connectivity index (χ0n) is 15.6. The minimum Gasteiger partial charge on any atom is -0.299 e. The second-order valence-corrected chi connectivity index (χ2v) is 8.19. The van der Waals surface area contributed by atoms with Gasteiger partial charge in [-0.1, -0.05) is 48.5 Å². The van der Waals surface area contributed by atoms with Crippen molar-refractivity contribution in [3.63, 3.8) is 0 Å². The number of hydrogen-bond acceptors (Lipinski definition) is 3. The molecule has 0 fully saturated rings. The van der Waals surface area contributed by atoms with Crippen LogP contribution < -0.4 is 0 Å². The number of carbonyl (C=O) groups excluding carboxylic acids is 1. The molecule has 0 aliphatic heterocycles. The molecular weight excluding hydrogens is 344 g/mol. The molecule has 3 heteroatoms. The van der Waals surface area contributed by atoms with Gasteiger partial charge in [0.25, 0.3) is 0 Å². The Hall–Kier alpha value is -3.07. The van der Waals surface area contributed by atoms with E-state index in [0.717, 1.165) is 35.3 Å². The molecular formula is C25H20N2O. The van der Waals surface area contributed by atoms with Crippen molar-refractivity contribution in [2.75, 3.05) is 0 Å². The number of carbonyl (C=O) groups is 1. The number of ketones is 1. The Morgan fingerprint density at radius 3 is 1.61 bits per heavy atom. The minimum absolute atomic E-state index is 0.00382. The molecule has 2 bridgehead atoms. The molecule has 0 spiro atoms. The van der Waals surface area contributed by atoms with E-state index in [1.165, 1.54) is 21.9 Å². The predicted octanol–water partition coefficient (Wildman–Crippen LogP) is 4.48. The first kappa shape index (κ1) is 15.9. The van der Waals surface area contributed by atoms with E-state index in [9.17, 15) is 4.79 Å². The Bertz CT molecular complexity index is 1070.